The number of nitrogens with zero attached hydrogens (tertiary/aromatic N) is 1. The van der Waals surface area contributed by atoms with Crippen LogP contribution in [0.5, 0.6) is 17.2 Å². The molecule has 0 radical (unpaired) electrons. The quantitative estimate of drug-likeness (QED) is 0.427. The van der Waals surface area contributed by atoms with Gasteiger partial charge in [0.1, 0.15) is 17.4 Å². The number of carbonyl (C=O) groups is 1. The second-order valence-corrected chi connectivity index (χ2v) is 5.76. The van der Waals surface area contributed by atoms with Crippen LogP contribution in [0.4, 0.5) is 5.69 Å². The highest BCUT2D eigenvalue weighted by Crippen LogP contribution is 2.34. The normalized spacial score (nSPS) is 10.6. The van der Waals surface area contributed by atoms with Crippen molar-refractivity contribution in [1.82, 2.24) is 0 Å². The molecule has 0 spiro atoms. The average molecular weight is 378 g/mol. The Morgan fingerprint density at radius 3 is 2.39 bits per heavy atom. The van der Waals surface area contributed by atoms with Gasteiger partial charge in [-0.3, -0.25) is 4.79 Å². The molecule has 6 nitrogen and oxygen atoms in total. The van der Waals surface area contributed by atoms with Crippen LogP contribution in [0.15, 0.2) is 54.6 Å². The number of nitrogens with one attached hydrogen (secondary N) is 1. The second-order valence-electron chi connectivity index (χ2n) is 5.76. The van der Waals surface area contributed by atoms with Gasteiger partial charge in [-0.15, -0.1) is 6.58 Å². The zero-order chi connectivity index (χ0) is 20.5. The van der Waals surface area contributed by atoms with Gasteiger partial charge >= 0.3 is 0 Å². The molecule has 0 aliphatic carbocycles. The van der Waals surface area contributed by atoms with Crippen molar-refractivity contribution in [3.63, 3.8) is 0 Å². The molecule has 2 aromatic carbocycles. The molecule has 0 aromatic heterocycles. The Morgan fingerprint density at radius 2 is 1.86 bits per heavy atom. The smallest absolute Gasteiger partial charge is 0.266 e. The number of amides is 1. The Kier molecular flexibility index (Phi) is 7.23. The first kappa shape index (κ1) is 20.6. The zero-order valence-electron chi connectivity index (χ0n) is 16.1. The fourth-order valence-corrected chi connectivity index (χ4v) is 2.65. The number of nitriles is 1. The minimum atomic E-state index is -0.507. The molecule has 0 saturated heterocycles. The molecule has 1 N–H and O–H groups in total. The van der Waals surface area contributed by atoms with Crippen molar-refractivity contribution in [2.45, 2.75) is 6.42 Å². The lowest BCUT2D eigenvalue weighted by Gasteiger charge is -2.13. The highest BCUT2D eigenvalue weighted by atomic mass is 16.5. The van der Waals surface area contributed by atoms with E-state index in [1.807, 2.05) is 12.1 Å². The van der Waals surface area contributed by atoms with Gasteiger partial charge < -0.3 is 19.5 Å². The molecule has 2 aromatic rings. The van der Waals surface area contributed by atoms with Gasteiger partial charge in [-0.25, -0.2) is 0 Å². The van der Waals surface area contributed by atoms with Crippen molar-refractivity contribution >= 4 is 17.7 Å². The van der Waals surface area contributed by atoms with Crippen LogP contribution >= 0.6 is 0 Å². The van der Waals surface area contributed by atoms with Crippen molar-refractivity contribution in [3.8, 4) is 23.3 Å². The highest BCUT2D eigenvalue weighted by Gasteiger charge is 2.14. The number of hydrogen-bond donors (Lipinski definition) is 1. The van der Waals surface area contributed by atoms with Gasteiger partial charge in [-0.05, 0) is 54.5 Å². The molecule has 0 unspecified atom stereocenters. The highest BCUT2D eigenvalue weighted by molar-refractivity contribution is 6.09. The number of benzene rings is 2. The van der Waals surface area contributed by atoms with E-state index in [1.165, 1.54) is 13.2 Å². The Labute approximate surface area is 164 Å². The monoisotopic (exact) mass is 378 g/mol. The SMILES string of the molecule is C=CCc1cc(/C=C(\C#N)C(=O)Nc2ccc(OC)cc2)cc(OC)c1OC. The van der Waals surface area contributed by atoms with E-state index in [-0.39, 0.29) is 5.57 Å². The van der Waals surface area contributed by atoms with Crippen molar-refractivity contribution in [2.24, 2.45) is 0 Å². The summed E-state index contributed by atoms with van der Waals surface area (Å²) in [4.78, 5) is 12.5. The van der Waals surface area contributed by atoms with E-state index < -0.39 is 5.91 Å². The van der Waals surface area contributed by atoms with Crippen LogP contribution in [0.25, 0.3) is 6.08 Å². The van der Waals surface area contributed by atoms with Gasteiger partial charge in [0.15, 0.2) is 11.5 Å². The molecule has 1 amide bonds. The van der Waals surface area contributed by atoms with E-state index in [2.05, 4.69) is 11.9 Å². The number of methoxy groups -OCH3 is 3. The van der Waals surface area contributed by atoms with Gasteiger partial charge in [0.25, 0.3) is 5.91 Å². The van der Waals surface area contributed by atoms with Gasteiger partial charge in [0.2, 0.25) is 0 Å². The molecular formula is C22H22N2O4. The fraction of sp³-hybridized carbons (Fsp3) is 0.182. The minimum absolute atomic E-state index is 0.0346. The van der Waals surface area contributed by atoms with E-state index in [0.717, 1.165) is 5.56 Å². The summed E-state index contributed by atoms with van der Waals surface area (Å²) < 4.78 is 15.9. The molecule has 0 aliphatic rings. The van der Waals surface area contributed by atoms with E-state index in [9.17, 15) is 10.1 Å². The third kappa shape index (κ3) is 4.92. The maximum Gasteiger partial charge on any atom is 0.266 e. The summed E-state index contributed by atoms with van der Waals surface area (Å²) in [6, 6.07) is 12.3. The molecular weight excluding hydrogens is 356 g/mol. The van der Waals surface area contributed by atoms with Crippen LogP contribution in [0.2, 0.25) is 0 Å². The molecule has 0 aliphatic heterocycles. The van der Waals surface area contributed by atoms with Gasteiger partial charge in [-0.1, -0.05) is 6.08 Å². The lowest BCUT2D eigenvalue weighted by molar-refractivity contribution is -0.112. The first-order chi connectivity index (χ1) is 13.6. The summed E-state index contributed by atoms with van der Waals surface area (Å²) in [6.07, 6.45) is 3.81. The summed E-state index contributed by atoms with van der Waals surface area (Å²) in [7, 11) is 4.65. The van der Waals surface area contributed by atoms with E-state index >= 15 is 0 Å². The summed E-state index contributed by atoms with van der Waals surface area (Å²) in [5, 5.41) is 12.1. The summed E-state index contributed by atoms with van der Waals surface area (Å²) in [5.41, 5.74) is 2.02. The third-order valence-corrected chi connectivity index (χ3v) is 3.97. The molecule has 144 valence electrons. The first-order valence-electron chi connectivity index (χ1n) is 8.49. The van der Waals surface area contributed by atoms with Crippen molar-refractivity contribution in [3.05, 3.63) is 65.8 Å². The van der Waals surface area contributed by atoms with E-state index in [1.54, 1.807) is 50.6 Å². The summed E-state index contributed by atoms with van der Waals surface area (Å²) in [5.74, 6) is 1.28. The van der Waals surface area contributed by atoms with Crippen LogP contribution in [0.3, 0.4) is 0 Å². The molecule has 0 heterocycles. The van der Waals surface area contributed by atoms with Crippen LogP contribution < -0.4 is 19.5 Å². The molecule has 2 rings (SSSR count). The van der Waals surface area contributed by atoms with Crippen molar-refractivity contribution in [2.75, 3.05) is 26.6 Å². The van der Waals surface area contributed by atoms with Gasteiger partial charge in [0, 0.05) is 11.3 Å². The third-order valence-electron chi connectivity index (χ3n) is 3.97. The topological polar surface area (TPSA) is 80.6 Å². The number of hydrogen-bond acceptors (Lipinski definition) is 5. The molecule has 28 heavy (non-hydrogen) atoms. The predicted molar refractivity (Wildman–Crippen MR) is 109 cm³/mol. The Hall–Kier alpha value is -3.72. The largest absolute Gasteiger partial charge is 0.497 e. The average Bonchev–Trinajstić information content (AvgIpc) is 2.72. The molecule has 6 heteroatoms. The van der Waals surface area contributed by atoms with Crippen molar-refractivity contribution < 1.29 is 19.0 Å². The number of allylic oxidation sites excluding steroid dienone is 1. The van der Waals surface area contributed by atoms with E-state index in [4.69, 9.17) is 14.2 Å². The summed E-state index contributed by atoms with van der Waals surface area (Å²) in [6.45, 7) is 3.74. The van der Waals surface area contributed by atoms with Gasteiger partial charge in [-0.2, -0.15) is 5.26 Å². The first-order valence-corrected chi connectivity index (χ1v) is 8.49. The lowest BCUT2D eigenvalue weighted by atomic mass is 10.0. The second kappa shape index (κ2) is 9.83. The predicted octanol–water partition coefficient (Wildman–Crippen LogP) is 3.99. The maximum absolute atomic E-state index is 12.5. The maximum atomic E-state index is 12.5. The standard InChI is InChI=1S/C22H22N2O4/c1-5-6-16-11-15(13-20(27-3)21(16)28-4)12-17(14-23)22(25)24-18-7-9-19(26-2)10-8-18/h5,7-13H,1,6H2,2-4H3,(H,24,25)/b17-12+. The van der Waals surface area contributed by atoms with Crippen molar-refractivity contribution in [1.29, 1.82) is 5.26 Å². The van der Waals surface area contributed by atoms with Crippen LogP contribution in [-0.2, 0) is 11.2 Å². The fourth-order valence-electron chi connectivity index (χ4n) is 2.65. The Morgan fingerprint density at radius 1 is 1.14 bits per heavy atom. The number of anilines is 1. The molecule has 0 saturated carbocycles. The van der Waals surface area contributed by atoms with Crippen LogP contribution in [0, 0.1) is 11.3 Å². The van der Waals surface area contributed by atoms with Gasteiger partial charge in [0.05, 0.1) is 21.3 Å². The Bertz CT molecular complexity index is 925. The minimum Gasteiger partial charge on any atom is -0.497 e. The zero-order valence-corrected chi connectivity index (χ0v) is 16.1. The molecule has 0 fully saturated rings. The van der Waals surface area contributed by atoms with Crippen LogP contribution in [0.1, 0.15) is 11.1 Å². The number of carbonyl (C=O) groups excluding carboxylic acids is 1. The number of ether oxygens (including phenoxy) is 3. The lowest BCUT2D eigenvalue weighted by Crippen LogP contribution is -2.13. The summed E-state index contributed by atoms with van der Waals surface area (Å²) >= 11 is 0. The molecule has 0 bridgehead atoms. The molecule has 0 atom stereocenters. The van der Waals surface area contributed by atoms with E-state index in [0.29, 0.717) is 34.9 Å². The number of rotatable bonds is 8. The van der Waals surface area contributed by atoms with Crippen LogP contribution in [-0.4, -0.2) is 27.2 Å². The Balaban J connectivity index is 2.34.